The van der Waals surface area contributed by atoms with E-state index in [9.17, 15) is 0 Å². The van der Waals surface area contributed by atoms with Crippen LogP contribution in [0.25, 0.3) is 0 Å². The van der Waals surface area contributed by atoms with E-state index in [1.807, 2.05) is 13.8 Å². The molecule has 4 nitrogen and oxygen atoms in total. The van der Waals surface area contributed by atoms with Gasteiger partial charge in [-0.3, -0.25) is 0 Å². The zero-order valence-electron chi connectivity index (χ0n) is 6.37. The minimum absolute atomic E-state index is 0.163. The predicted octanol–water partition coefficient (Wildman–Crippen LogP) is 1.35. The molecule has 0 aliphatic heterocycles. The Morgan fingerprint density at radius 2 is 2.27 bits per heavy atom. The average Bonchev–Trinajstić information content (AvgIpc) is 1.85. The van der Waals surface area contributed by atoms with Gasteiger partial charge in [0.25, 0.3) is 0 Å². The van der Waals surface area contributed by atoms with Gasteiger partial charge in [0.05, 0.1) is 6.20 Å². The number of nitrogens with zero attached hydrogens (tertiary/aromatic N) is 3. The highest BCUT2D eigenvalue weighted by Gasteiger charge is 1.97. The fraction of sp³-hybridized carbons (Fsp3) is 0.500. The maximum absolute atomic E-state index is 5.50. The second-order valence-electron chi connectivity index (χ2n) is 2.41. The number of hydrogen-bond acceptors (Lipinski definition) is 4. The average molecular weight is 173 g/mol. The number of hydrogen-bond donors (Lipinski definition) is 1. The van der Waals surface area contributed by atoms with Crippen LogP contribution in [0.15, 0.2) is 6.20 Å². The topological polar surface area (TPSA) is 50.7 Å². The standard InChI is InChI=1S/C6H9ClN4/c1-4(2)9-5-3-8-11-6(7)10-5/h3-4H,1-2H3,(H,9,10,11). The number of halogens is 1. The van der Waals surface area contributed by atoms with Crippen LogP contribution >= 0.6 is 11.6 Å². The summed E-state index contributed by atoms with van der Waals surface area (Å²) in [5, 5.41) is 10.4. The number of anilines is 1. The molecule has 0 unspecified atom stereocenters. The van der Waals surface area contributed by atoms with Crippen molar-refractivity contribution in [3.63, 3.8) is 0 Å². The van der Waals surface area contributed by atoms with Gasteiger partial charge in [-0.05, 0) is 25.4 Å². The van der Waals surface area contributed by atoms with Gasteiger partial charge in [0.15, 0.2) is 0 Å². The molecule has 0 saturated heterocycles. The lowest BCUT2D eigenvalue weighted by molar-refractivity contribution is 0.871. The summed E-state index contributed by atoms with van der Waals surface area (Å²) in [7, 11) is 0. The van der Waals surface area contributed by atoms with Gasteiger partial charge in [-0.1, -0.05) is 0 Å². The molecule has 0 fully saturated rings. The molecule has 0 atom stereocenters. The third-order valence-corrected chi connectivity index (χ3v) is 1.13. The molecule has 1 rings (SSSR count). The first-order chi connectivity index (χ1) is 5.18. The van der Waals surface area contributed by atoms with Crippen LogP contribution in [0.5, 0.6) is 0 Å². The fourth-order valence-electron chi connectivity index (χ4n) is 0.647. The van der Waals surface area contributed by atoms with Crippen molar-refractivity contribution in [3.05, 3.63) is 11.5 Å². The van der Waals surface area contributed by atoms with Crippen molar-refractivity contribution in [2.75, 3.05) is 5.32 Å². The third-order valence-electron chi connectivity index (χ3n) is 0.970. The quantitative estimate of drug-likeness (QED) is 0.732. The Hall–Kier alpha value is -0.900. The first-order valence-electron chi connectivity index (χ1n) is 3.30. The summed E-state index contributed by atoms with van der Waals surface area (Å²) in [4.78, 5) is 3.89. The largest absolute Gasteiger partial charge is 0.366 e. The van der Waals surface area contributed by atoms with Crippen LogP contribution in [0.3, 0.4) is 0 Å². The van der Waals surface area contributed by atoms with E-state index in [-0.39, 0.29) is 5.28 Å². The summed E-state index contributed by atoms with van der Waals surface area (Å²) < 4.78 is 0. The number of nitrogens with one attached hydrogen (secondary N) is 1. The molecular formula is C6H9ClN4. The van der Waals surface area contributed by atoms with E-state index in [0.717, 1.165) is 0 Å². The van der Waals surface area contributed by atoms with Crippen molar-refractivity contribution in [1.82, 2.24) is 15.2 Å². The third kappa shape index (κ3) is 2.67. The molecule has 0 bridgehead atoms. The monoisotopic (exact) mass is 172 g/mol. The van der Waals surface area contributed by atoms with Gasteiger partial charge in [-0.25, -0.2) is 0 Å². The van der Waals surface area contributed by atoms with Crippen LogP contribution in [0.4, 0.5) is 5.82 Å². The SMILES string of the molecule is CC(C)Nc1cnnc(Cl)n1. The Bertz CT molecular complexity index is 238. The van der Waals surface area contributed by atoms with Crippen molar-refractivity contribution in [2.45, 2.75) is 19.9 Å². The van der Waals surface area contributed by atoms with E-state index in [2.05, 4.69) is 20.5 Å². The summed E-state index contributed by atoms with van der Waals surface area (Å²) in [6.07, 6.45) is 1.53. The molecule has 0 spiro atoms. The Morgan fingerprint density at radius 3 is 2.82 bits per heavy atom. The zero-order chi connectivity index (χ0) is 8.27. The molecule has 60 valence electrons. The minimum atomic E-state index is 0.163. The lowest BCUT2D eigenvalue weighted by Gasteiger charge is -2.06. The highest BCUT2D eigenvalue weighted by atomic mass is 35.5. The van der Waals surface area contributed by atoms with Crippen molar-refractivity contribution in [2.24, 2.45) is 0 Å². The first kappa shape index (κ1) is 8.20. The molecule has 0 aliphatic rings. The Balaban J connectivity index is 2.71. The second kappa shape index (κ2) is 3.48. The summed E-state index contributed by atoms with van der Waals surface area (Å²) in [5.74, 6) is 0.653. The second-order valence-corrected chi connectivity index (χ2v) is 2.75. The number of aromatic nitrogens is 3. The lowest BCUT2D eigenvalue weighted by Crippen LogP contribution is -2.11. The fourth-order valence-corrected chi connectivity index (χ4v) is 0.782. The van der Waals surface area contributed by atoms with Crippen LogP contribution in [0.2, 0.25) is 5.28 Å². The Morgan fingerprint density at radius 1 is 1.55 bits per heavy atom. The number of rotatable bonds is 2. The predicted molar refractivity (Wildman–Crippen MR) is 43.6 cm³/mol. The summed E-state index contributed by atoms with van der Waals surface area (Å²) in [6, 6.07) is 0.322. The van der Waals surface area contributed by atoms with Crippen LogP contribution < -0.4 is 5.32 Å². The highest BCUT2D eigenvalue weighted by molar-refractivity contribution is 6.28. The molecule has 0 amide bonds. The molecule has 1 N–H and O–H groups in total. The van der Waals surface area contributed by atoms with Crippen LogP contribution in [-0.2, 0) is 0 Å². The van der Waals surface area contributed by atoms with E-state index in [1.54, 1.807) is 0 Å². The zero-order valence-corrected chi connectivity index (χ0v) is 7.13. The van der Waals surface area contributed by atoms with Crippen LogP contribution in [-0.4, -0.2) is 21.2 Å². The Kier molecular flexibility index (Phi) is 2.59. The van der Waals surface area contributed by atoms with Gasteiger partial charge in [-0.15, -0.1) is 5.10 Å². The van der Waals surface area contributed by atoms with E-state index in [0.29, 0.717) is 11.9 Å². The van der Waals surface area contributed by atoms with Gasteiger partial charge in [0.1, 0.15) is 5.82 Å². The lowest BCUT2D eigenvalue weighted by atomic mass is 10.4. The van der Waals surface area contributed by atoms with E-state index >= 15 is 0 Å². The molecule has 5 heteroatoms. The maximum Gasteiger partial charge on any atom is 0.244 e. The van der Waals surface area contributed by atoms with E-state index in [1.165, 1.54) is 6.20 Å². The smallest absolute Gasteiger partial charge is 0.244 e. The van der Waals surface area contributed by atoms with Crippen molar-refractivity contribution in [3.8, 4) is 0 Å². The van der Waals surface area contributed by atoms with Crippen LogP contribution in [0.1, 0.15) is 13.8 Å². The molecule has 1 heterocycles. The van der Waals surface area contributed by atoms with E-state index in [4.69, 9.17) is 11.6 Å². The molecule has 0 radical (unpaired) electrons. The van der Waals surface area contributed by atoms with Gasteiger partial charge >= 0.3 is 0 Å². The summed E-state index contributed by atoms with van der Waals surface area (Å²) >= 11 is 5.50. The minimum Gasteiger partial charge on any atom is -0.366 e. The van der Waals surface area contributed by atoms with Gasteiger partial charge < -0.3 is 5.32 Å². The molecule has 0 saturated carbocycles. The molecule has 11 heavy (non-hydrogen) atoms. The van der Waals surface area contributed by atoms with Crippen molar-refractivity contribution in [1.29, 1.82) is 0 Å². The molecule has 1 aromatic heterocycles. The van der Waals surface area contributed by atoms with E-state index < -0.39 is 0 Å². The van der Waals surface area contributed by atoms with Crippen molar-refractivity contribution >= 4 is 17.4 Å². The van der Waals surface area contributed by atoms with Gasteiger partial charge in [-0.2, -0.15) is 10.1 Å². The summed E-state index contributed by atoms with van der Waals surface area (Å²) in [5.41, 5.74) is 0. The molecule has 0 aromatic carbocycles. The molecule has 1 aromatic rings. The van der Waals surface area contributed by atoms with Gasteiger partial charge in [0.2, 0.25) is 5.28 Å². The molecular weight excluding hydrogens is 164 g/mol. The first-order valence-corrected chi connectivity index (χ1v) is 3.68. The van der Waals surface area contributed by atoms with Crippen molar-refractivity contribution < 1.29 is 0 Å². The summed E-state index contributed by atoms with van der Waals surface area (Å²) in [6.45, 7) is 4.02. The van der Waals surface area contributed by atoms with Crippen LogP contribution in [0, 0.1) is 0 Å². The van der Waals surface area contributed by atoms with Gasteiger partial charge in [0, 0.05) is 6.04 Å². The normalized spacial score (nSPS) is 10.2. The Labute approximate surface area is 70.0 Å². The highest BCUT2D eigenvalue weighted by Crippen LogP contribution is 2.04. The molecule has 0 aliphatic carbocycles. The maximum atomic E-state index is 5.50.